The van der Waals surface area contributed by atoms with Gasteiger partial charge in [0.2, 0.25) is 11.8 Å². The summed E-state index contributed by atoms with van der Waals surface area (Å²) in [6, 6.07) is -1.38. The van der Waals surface area contributed by atoms with Gasteiger partial charge in [0.15, 0.2) is 0 Å². The van der Waals surface area contributed by atoms with Crippen molar-refractivity contribution in [1.29, 1.82) is 0 Å². The number of aliphatic hydroxyl groups excluding tert-OH is 1. The molecule has 0 saturated carbocycles. The van der Waals surface area contributed by atoms with Gasteiger partial charge < -0.3 is 25.6 Å². The van der Waals surface area contributed by atoms with Crippen LogP contribution in [0.3, 0.4) is 0 Å². The summed E-state index contributed by atoms with van der Waals surface area (Å²) < 4.78 is 5.91. The molecule has 2 amide bonds. The zero-order valence-electron chi connectivity index (χ0n) is 33.5. The zero-order chi connectivity index (χ0) is 39.0. The molecule has 0 bridgehead atoms. The van der Waals surface area contributed by atoms with Crippen LogP contribution in [0.25, 0.3) is 0 Å². The molecular formula is C44H76N2O7. The second kappa shape index (κ2) is 38.5. The Hall–Kier alpha value is -3.20. The summed E-state index contributed by atoms with van der Waals surface area (Å²) in [5.41, 5.74) is 0. The van der Waals surface area contributed by atoms with Crippen LogP contribution in [0.15, 0.2) is 48.6 Å². The van der Waals surface area contributed by atoms with Crippen molar-refractivity contribution >= 4 is 23.8 Å². The molecule has 0 aromatic heterocycles. The van der Waals surface area contributed by atoms with Crippen LogP contribution in [0.1, 0.15) is 181 Å². The molecule has 0 aromatic carbocycles. The number of aliphatic hydroxyl groups is 1. The number of esters is 1. The first kappa shape index (κ1) is 49.8. The van der Waals surface area contributed by atoms with Crippen molar-refractivity contribution in [2.45, 2.75) is 193 Å². The van der Waals surface area contributed by atoms with Gasteiger partial charge in [0.1, 0.15) is 12.1 Å². The van der Waals surface area contributed by atoms with Crippen molar-refractivity contribution in [3.8, 4) is 0 Å². The maximum Gasteiger partial charge on any atom is 0.328 e. The molecule has 2 unspecified atom stereocenters. The minimum absolute atomic E-state index is 0.109. The predicted octanol–water partition coefficient (Wildman–Crippen LogP) is 9.98. The van der Waals surface area contributed by atoms with Crippen LogP contribution >= 0.6 is 0 Å². The van der Waals surface area contributed by atoms with Crippen LogP contribution in [0.4, 0.5) is 0 Å². The van der Waals surface area contributed by atoms with E-state index in [0.29, 0.717) is 19.3 Å². The average molecular weight is 745 g/mol. The van der Waals surface area contributed by atoms with Crippen LogP contribution in [0, 0.1) is 0 Å². The number of allylic oxidation sites excluding steroid dienone is 7. The van der Waals surface area contributed by atoms with Crippen LogP contribution in [0.5, 0.6) is 0 Å². The number of amides is 2. The van der Waals surface area contributed by atoms with Crippen molar-refractivity contribution in [3.63, 3.8) is 0 Å². The van der Waals surface area contributed by atoms with Gasteiger partial charge in [-0.25, -0.2) is 4.79 Å². The third-order valence-corrected chi connectivity index (χ3v) is 9.03. The first-order valence-electron chi connectivity index (χ1n) is 21.0. The molecule has 0 radical (unpaired) electrons. The van der Waals surface area contributed by atoms with E-state index in [2.05, 4.69) is 73.1 Å². The number of carboxylic acids is 1. The smallest absolute Gasteiger partial charge is 0.328 e. The van der Waals surface area contributed by atoms with Gasteiger partial charge in [-0.05, 0) is 83.1 Å². The van der Waals surface area contributed by atoms with Gasteiger partial charge in [-0.15, -0.1) is 0 Å². The third kappa shape index (κ3) is 35.6. The fourth-order valence-electron chi connectivity index (χ4n) is 5.75. The van der Waals surface area contributed by atoms with Crippen molar-refractivity contribution in [3.05, 3.63) is 48.6 Å². The molecule has 2 atom stereocenters. The predicted molar refractivity (Wildman–Crippen MR) is 217 cm³/mol. The number of nitrogens with one attached hydrogen (secondary N) is 2. The van der Waals surface area contributed by atoms with Gasteiger partial charge >= 0.3 is 11.9 Å². The first-order valence-corrected chi connectivity index (χ1v) is 21.0. The number of carbonyl (C=O) groups is 4. The third-order valence-electron chi connectivity index (χ3n) is 9.03. The summed E-state index contributed by atoms with van der Waals surface area (Å²) in [4.78, 5) is 47.3. The molecule has 9 heteroatoms. The van der Waals surface area contributed by atoms with Gasteiger partial charge in [-0.1, -0.05) is 133 Å². The highest BCUT2D eigenvalue weighted by Gasteiger charge is 2.18. The van der Waals surface area contributed by atoms with E-state index >= 15 is 0 Å². The van der Waals surface area contributed by atoms with E-state index in [1.54, 1.807) is 0 Å². The van der Waals surface area contributed by atoms with Crippen molar-refractivity contribution in [2.75, 3.05) is 13.2 Å². The lowest BCUT2D eigenvalue weighted by Gasteiger charge is -2.15. The Morgan fingerprint density at radius 1 is 0.585 bits per heavy atom. The highest BCUT2D eigenvalue weighted by atomic mass is 16.5. The summed E-state index contributed by atoms with van der Waals surface area (Å²) in [5.74, 6) is -2.37. The van der Waals surface area contributed by atoms with Gasteiger partial charge in [0.05, 0.1) is 13.2 Å². The summed E-state index contributed by atoms with van der Waals surface area (Å²) in [5, 5.41) is 22.5. The van der Waals surface area contributed by atoms with Crippen LogP contribution in [-0.4, -0.2) is 59.3 Å². The van der Waals surface area contributed by atoms with Crippen molar-refractivity contribution in [2.24, 2.45) is 0 Å². The lowest BCUT2D eigenvalue weighted by Crippen LogP contribution is -2.47. The standard InChI is InChI=1S/C44H76N2O7/c1-3-5-7-9-11-13-14-15-16-17-18-19-20-22-28-32-36-43(50)53-39(33-29-25-21-12-10-8-6-4-2)34-30-26-23-24-27-31-35-41(48)45-37-42(49)46-40(38-47)44(51)52/h12-14,16-17,21,29,33,39-40,47H,3-11,15,18-20,22-28,30-32,34-38H2,1-2H3,(H,45,48)(H,46,49)(H,51,52)/b14-13-,17-16-,21-12-,33-29-. The highest BCUT2D eigenvalue weighted by Crippen LogP contribution is 2.15. The lowest BCUT2D eigenvalue weighted by molar-refractivity contribution is -0.147. The fourth-order valence-corrected chi connectivity index (χ4v) is 5.75. The molecule has 0 aromatic rings. The molecule has 0 spiro atoms. The second-order valence-electron chi connectivity index (χ2n) is 14.1. The first-order chi connectivity index (χ1) is 25.8. The van der Waals surface area contributed by atoms with Crippen LogP contribution < -0.4 is 10.6 Å². The quantitative estimate of drug-likeness (QED) is 0.0282. The summed E-state index contributed by atoms with van der Waals surface area (Å²) >= 11 is 0. The molecular weight excluding hydrogens is 668 g/mol. The number of ether oxygens (including phenoxy) is 1. The lowest BCUT2D eigenvalue weighted by atomic mass is 10.1. The average Bonchev–Trinajstić information content (AvgIpc) is 3.14. The fraction of sp³-hybridized carbons (Fsp3) is 0.727. The van der Waals surface area contributed by atoms with Gasteiger partial charge in [0.25, 0.3) is 0 Å². The molecule has 53 heavy (non-hydrogen) atoms. The normalized spacial score (nSPS) is 13.0. The molecule has 0 fully saturated rings. The number of rotatable bonds is 37. The zero-order valence-corrected chi connectivity index (χ0v) is 33.5. The topological polar surface area (TPSA) is 142 Å². The van der Waals surface area contributed by atoms with Crippen molar-refractivity contribution < 1.29 is 34.1 Å². The summed E-state index contributed by atoms with van der Waals surface area (Å²) in [6.45, 7) is 3.41. The Balaban J connectivity index is 4.28. The SMILES string of the molecule is CCCCC/C=C\C/C=C\C(CCCCCCCCC(=O)NCC(=O)NC(CO)C(=O)O)OC(=O)CCCCCCC/C=C\C/C=C\CCCCCC. The Kier molecular flexibility index (Phi) is 36.2. The minimum atomic E-state index is -1.38. The van der Waals surface area contributed by atoms with Gasteiger partial charge in [-0.3, -0.25) is 14.4 Å². The van der Waals surface area contributed by atoms with E-state index in [9.17, 15) is 19.2 Å². The van der Waals surface area contributed by atoms with E-state index < -0.39 is 24.5 Å². The summed E-state index contributed by atoms with van der Waals surface area (Å²) in [7, 11) is 0. The maximum absolute atomic E-state index is 12.7. The van der Waals surface area contributed by atoms with Crippen molar-refractivity contribution in [1.82, 2.24) is 10.6 Å². The molecule has 0 rings (SSSR count). The van der Waals surface area contributed by atoms with E-state index in [1.165, 1.54) is 64.2 Å². The molecule has 0 aliphatic carbocycles. The molecule has 0 aliphatic heterocycles. The Morgan fingerprint density at radius 2 is 1.08 bits per heavy atom. The minimum Gasteiger partial charge on any atom is -0.480 e. The van der Waals surface area contributed by atoms with E-state index in [4.69, 9.17) is 14.9 Å². The molecule has 0 heterocycles. The second-order valence-corrected chi connectivity index (χ2v) is 14.1. The number of carboxylic acid groups (broad SMARTS) is 1. The molecule has 0 aliphatic rings. The van der Waals surface area contributed by atoms with Gasteiger partial charge in [0, 0.05) is 12.8 Å². The van der Waals surface area contributed by atoms with E-state index in [0.717, 1.165) is 83.5 Å². The number of aliphatic carboxylic acids is 1. The monoisotopic (exact) mass is 745 g/mol. The Labute approximate surface area is 322 Å². The molecule has 0 saturated heterocycles. The summed E-state index contributed by atoms with van der Waals surface area (Å²) in [6.07, 6.45) is 44.4. The van der Waals surface area contributed by atoms with E-state index in [1.807, 2.05) is 0 Å². The number of hydrogen-bond acceptors (Lipinski definition) is 6. The molecule has 9 nitrogen and oxygen atoms in total. The maximum atomic E-state index is 12.7. The van der Waals surface area contributed by atoms with Crippen LogP contribution in [-0.2, 0) is 23.9 Å². The Morgan fingerprint density at radius 3 is 1.66 bits per heavy atom. The van der Waals surface area contributed by atoms with E-state index in [-0.39, 0.29) is 24.5 Å². The van der Waals surface area contributed by atoms with Crippen LogP contribution in [0.2, 0.25) is 0 Å². The Bertz CT molecular complexity index is 1040. The number of hydrogen-bond donors (Lipinski definition) is 4. The number of carbonyl (C=O) groups excluding carboxylic acids is 3. The highest BCUT2D eigenvalue weighted by molar-refractivity contribution is 5.87. The number of unbranched alkanes of at least 4 members (excludes halogenated alkanes) is 17. The largest absolute Gasteiger partial charge is 0.480 e. The van der Waals surface area contributed by atoms with Gasteiger partial charge in [-0.2, -0.15) is 0 Å². The molecule has 4 N–H and O–H groups in total. The molecule has 304 valence electrons.